The van der Waals surface area contributed by atoms with E-state index < -0.39 is 0 Å². The quantitative estimate of drug-likeness (QED) is 0.266. The molecule has 4 aliphatic carbocycles. The number of nitrogens with zero attached hydrogens (tertiary/aromatic N) is 2. The van der Waals surface area contributed by atoms with Crippen LogP contribution in [0.5, 0.6) is 0 Å². The van der Waals surface area contributed by atoms with E-state index in [1.807, 2.05) is 11.0 Å². The highest BCUT2D eigenvalue weighted by molar-refractivity contribution is 5.91. The maximum Gasteiger partial charge on any atom is 0.436 e. The van der Waals surface area contributed by atoms with Gasteiger partial charge in [0.15, 0.2) is 5.78 Å². The maximum atomic E-state index is 13.2. The molecule has 4 fully saturated rings. The van der Waals surface area contributed by atoms with Crippen molar-refractivity contribution in [3.05, 3.63) is 11.6 Å². The third kappa shape index (κ3) is 4.81. The van der Waals surface area contributed by atoms with Gasteiger partial charge in [0.25, 0.3) is 0 Å². The van der Waals surface area contributed by atoms with Crippen molar-refractivity contribution in [2.24, 2.45) is 39.7 Å². The van der Waals surface area contributed by atoms with Crippen LogP contribution < -0.4 is 5.32 Å². The molecule has 1 amide bonds. The Bertz CT molecular complexity index is 975. The van der Waals surface area contributed by atoms with E-state index in [-0.39, 0.29) is 22.5 Å². The summed E-state index contributed by atoms with van der Waals surface area (Å²) in [5, 5.41) is 8.00. The van der Waals surface area contributed by atoms with Crippen molar-refractivity contribution < 1.29 is 14.4 Å². The fourth-order valence-corrected chi connectivity index (χ4v) is 9.22. The molecular formula is C31H49N3O3. The highest BCUT2D eigenvalue weighted by Crippen LogP contribution is 2.66. The maximum absolute atomic E-state index is 13.2. The lowest BCUT2D eigenvalue weighted by molar-refractivity contribution is -0.117. The van der Waals surface area contributed by atoms with E-state index >= 15 is 0 Å². The third-order valence-corrected chi connectivity index (χ3v) is 11.3. The molecule has 37 heavy (non-hydrogen) atoms. The lowest BCUT2D eigenvalue weighted by Crippen LogP contribution is -2.51. The van der Waals surface area contributed by atoms with Crippen LogP contribution in [0.25, 0.3) is 0 Å². The first-order valence-electron chi connectivity index (χ1n) is 14.9. The molecule has 6 nitrogen and oxygen atoms in total. The molecule has 0 aromatic heterocycles. The highest BCUT2D eigenvalue weighted by atomic mass is 16.7. The lowest BCUT2D eigenvalue weighted by atomic mass is 9.46. The van der Waals surface area contributed by atoms with E-state index in [4.69, 9.17) is 4.84 Å². The van der Waals surface area contributed by atoms with E-state index in [9.17, 15) is 9.59 Å². The summed E-state index contributed by atoms with van der Waals surface area (Å²) in [6, 6.07) is 0.330. The first kappa shape index (κ1) is 26.9. The second-order valence-corrected chi connectivity index (χ2v) is 14.3. The normalized spacial score (nSPS) is 39.9. The van der Waals surface area contributed by atoms with E-state index in [0.717, 1.165) is 50.3 Å². The fraction of sp³-hybridized carbons (Fsp3) is 0.839. The van der Waals surface area contributed by atoms with Gasteiger partial charge in [-0.15, -0.1) is 0 Å². The van der Waals surface area contributed by atoms with Crippen molar-refractivity contribution >= 4 is 17.6 Å². The number of rotatable bonds is 4. The van der Waals surface area contributed by atoms with Crippen LogP contribution in [-0.2, 0) is 9.63 Å². The van der Waals surface area contributed by atoms with Crippen LogP contribution in [0, 0.1) is 34.5 Å². The Kier molecular flexibility index (Phi) is 7.13. The molecule has 1 N–H and O–H groups in total. The predicted molar refractivity (Wildman–Crippen MR) is 147 cm³/mol. The number of fused-ring (bicyclic) bond motifs is 5. The zero-order valence-corrected chi connectivity index (χ0v) is 24.1. The second kappa shape index (κ2) is 9.81. The lowest BCUT2D eigenvalue weighted by Gasteiger charge is -2.58. The van der Waals surface area contributed by atoms with Gasteiger partial charge in [-0.2, -0.15) is 0 Å². The Morgan fingerprint density at radius 3 is 2.59 bits per heavy atom. The molecule has 5 rings (SSSR count). The molecule has 0 radical (unpaired) electrons. The topological polar surface area (TPSA) is 71.0 Å². The van der Waals surface area contributed by atoms with Gasteiger partial charge in [0.1, 0.15) is 0 Å². The van der Waals surface area contributed by atoms with Gasteiger partial charge in [0, 0.05) is 30.5 Å². The molecule has 1 saturated heterocycles. The zero-order chi connectivity index (χ0) is 26.6. The number of hydrogen-bond donors (Lipinski definition) is 1. The summed E-state index contributed by atoms with van der Waals surface area (Å²) in [7, 11) is 0. The highest BCUT2D eigenvalue weighted by Gasteiger charge is 2.59. The molecule has 7 atom stereocenters. The Balaban J connectivity index is 1.28. The summed E-state index contributed by atoms with van der Waals surface area (Å²) in [6.45, 7) is 14.9. The largest absolute Gasteiger partial charge is 0.436 e. The van der Waals surface area contributed by atoms with Crippen LogP contribution in [0.4, 0.5) is 4.79 Å². The van der Waals surface area contributed by atoms with Crippen molar-refractivity contribution in [3.63, 3.8) is 0 Å². The fourth-order valence-electron chi connectivity index (χ4n) is 9.22. The van der Waals surface area contributed by atoms with Gasteiger partial charge in [0.2, 0.25) is 0 Å². The minimum atomic E-state index is -0.338. The Hall–Kier alpha value is -1.69. The third-order valence-electron chi connectivity index (χ3n) is 11.3. The number of carbonyl (C=O) groups is 2. The Morgan fingerprint density at radius 2 is 1.89 bits per heavy atom. The Morgan fingerprint density at radius 1 is 1.11 bits per heavy atom. The summed E-state index contributed by atoms with van der Waals surface area (Å²) in [5.74, 6) is 2.80. The van der Waals surface area contributed by atoms with Crippen LogP contribution >= 0.6 is 0 Å². The average molecular weight is 512 g/mol. The van der Waals surface area contributed by atoms with Gasteiger partial charge in [-0.1, -0.05) is 24.6 Å². The molecule has 5 aliphatic rings. The number of hydrogen-bond acceptors (Lipinski definition) is 5. The molecule has 1 unspecified atom stereocenters. The first-order chi connectivity index (χ1) is 17.4. The minimum absolute atomic E-state index is 0.208. The summed E-state index contributed by atoms with van der Waals surface area (Å²) < 4.78 is 0. The van der Waals surface area contributed by atoms with Gasteiger partial charge in [-0.25, -0.2) is 4.79 Å². The molecule has 206 valence electrons. The number of oxime groups is 1. The molecule has 1 heterocycles. The van der Waals surface area contributed by atoms with E-state index in [1.165, 1.54) is 31.3 Å². The van der Waals surface area contributed by atoms with Crippen LogP contribution in [-0.4, -0.2) is 47.2 Å². The smallest absolute Gasteiger partial charge is 0.312 e. The molecule has 6 heteroatoms. The van der Waals surface area contributed by atoms with E-state index in [2.05, 4.69) is 52.0 Å². The number of amides is 1. The zero-order valence-electron chi connectivity index (χ0n) is 24.1. The van der Waals surface area contributed by atoms with E-state index in [0.29, 0.717) is 42.5 Å². The van der Waals surface area contributed by atoms with Crippen LogP contribution in [0.1, 0.15) is 106 Å². The number of allylic oxidation sites excluding steroid dienone is 1. The number of nitrogens with one attached hydrogen (secondary N) is 1. The second-order valence-electron chi connectivity index (χ2n) is 14.3. The van der Waals surface area contributed by atoms with Gasteiger partial charge < -0.3 is 5.32 Å². The van der Waals surface area contributed by atoms with Crippen molar-refractivity contribution in [2.75, 3.05) is 13.1 Å². The van der Waals surface area contributed by atoms with Crippen LogP contribution in [0.3, 0.4) is 0 Å². The summed E-state index contributed by atoms with van der Waals surface area (Å²) >= 11 is 0. The van der Waals surface area contributed by atoms with Gasteiger partial charge in [0.05, 0.1) is 5.71 Å². The molecule has 0 bridgehead atoms. The summed E-state index contributed by atoms with van der Waals surface area (Å²) in [4.78, 5) is 32.8. The molecule has 3 saturated carbocycles. The van der Waals surface area contributed by atoms with Crippen molar-refractivity contribution in [2.45, 2.75) is 117 Å². The molecular weight excluding hydrogens is 462 g/mol. The predicted octanol–water partition coefficient (Wildman–Crippen LogP) is 6.50. The summed E-state index contributed by atoms with van der Waals surface area (Å²) in [5.41, 5.74) is 2.52. The van der Waals surface area contributed by atoms with Crippen molar-refractivity contribution in [3.8, 4) is 0 Å². The van der Waals surface area contributed by atoms with Crippen LogP contribution in [0.2, 0.25) is 0 Å². The summed E-state index contributed by atoms with van der Waals surface area (Å²) in [6.07, 6.45) is 12.8. The van der Waals surface area contributed by atoms with E-state index in [1.54, 1.807) is 0 Å². The standard InChI is InChI=1S/C31H49N3O3/c1-20(33-37-28(36)34(29(2,3)4)19-22-8-7-17-32-22)25-11-12-26-24-10-9-21-18-23(35)13-15-30(21,5)27(24)14-16-31(25,26)6/h18,22,24-27,32H,7-17,19H2,1-6H3/b33-20+/t22?,24-,25+,26-,27-,30-,31+/m0/s1. The molecule has 0 aromatic rings. The minimum Gasteiger partial charge on any atom is -0.312 e. The monoisotopic (exact) mass is 511 g/mol. The molecule has 1 aliphatic heterocycles. The van der Waals surface area contributed by atoms with Crippen molar-refractivity contribution in [1.29, 1.82) is 0 Å². The number of ketones is 1. The SMILES string of the molecule is C/C(=N\OC(=O)N(CC1CCCN1)C(C)(C)C)[C@H]1CC[C@H]2[C@@H]3CCC4=CC(=O)CC[C@]4(C)[C@H]3CC[C@]12C. The molecule has 0 spiro atoms. The first-order valence-corrected chi connectivity index (χ1v) is 14.9. The van der Waals surface area contributed by atoms with Crippen molar-refractivity contribution in [1.82, 2.24) is 10.2 Å². The van der Waals surface area contributed by atoms with Gasteiger partial charge >= 0.3 is 6.09 Å². The number of carbonyl (C=O) groups excluding carboxylic acids is 2. The molecule has 0 aromatic carbocycles. The average Bonchev–Trinajstić information content (AvgIpc) is 3.47. The van der Waals surface area contributed by atoms with Crippen LogP contribution in [0.15, 0.2) is 16.8 Å². The van der Waals surface area contributed by atoms with Gasteiger partial charge in [-0.3, -0.25) is 14.5 Å². The Labute approximate surface area is 224 Å². The van der Waals surface area contributed by atoms with Gasteiger partial charge in [-0.05, 0) is 127 Å².